The normalized spacial score (nSPS) is 42.5. The molecule has 0 aromatic carbocycles. The van der Waals surface area contributed by atoms with E-state index in [1.807, 2.05) is 0 Å². The fourth-order valence-corrected chi connectivity index (χ4v) is 8.95. The molecule has 0 radical (unpaired) electrons. The van der Waals surface area contributed by atoms with E-state index in [0.29, 0.717) is 18.8 Å². The molecule has 4 fully saturated rings. The minimum Gasteiger partial charge on any atom is -1.00 e. The predicted octanol–water partition coefficient (Wildman–Crippen LogP) is -1.44. The number of amides is 1. The SMILES string of the molecule is CC(CCC(=O)NCC(=O)[O-])[C@H]1CCC2C3C(O)CC4C[C@H](O)CC[C@]4(C)C3C[C@H](O)[C@@]21C.N.N.[Cl-].[Pt+2]. The van der Waals surface area contributed by atoms with Gasteiger partial charge in [0.1, 0.15) is 0 Å². The van der Waals surface area contributed by atoms with Gasteiger partial charge in [-0.25, -0.2) is 0 Å². The Labute approximate surface area is 242 Å². The molecule has 0 bridgehead atoms. The molecule has 0 aromatic heterocycles. The number of carbonyl (C=O) groups excluding carboxylic acids is 2. The second-order valence-corrected chi connectivity index (χ2v) is 12.2. The van der Waals surface area contributed by atoms with Crippen molar-refractivity contribution in [2.45, 2.75) is 96.9 Å². The van der Waals surface area contributed by atoms with Crippen LogP contribution in [0.5, 0.6) is 0 Å². The van der Waals surface area contributed by atoms with Crippen molar-refractivity contribution in [3.05, 3.63) is 0 Å². The summed E-state index contributed by atoms with van der Waals surface area (Å²) in [5.41, 5.74) is -0.230. The van der Waals surface area contributed by atoms with Crippen molar-refractivity contribution < 1.29 is 63.5 Å². The topological polar surface area (TPSA) is 200 Å². The van der Waals surface area contributed by atoms with Gasteiger partial charge in [0.15, 0.2) is 0 Å². The van der Waals surface area contributed by atoms with Gasteiger partial charge in [0, 0.05) is 6.42 Å². The Morgan fingerprint density at radius 1 is 1.03 bits per heavy atom. The Bertz CT molecular complexity index is 781. The molecule has 220 valence electrons. The number of carbonyl (C=O) groups is 2. The summed E-state index contributed by atoms with van der Waals surface area (Å²) in [6, 6.07) is 0. The summed E-state index contributed by atoms with van der Waals surface area (Å²) in [5.74, 6) is -0.0789. The van der Waals surface area contributed by atoms with Gasteiger partial charge < -0.3 is 55.2 Å². The summed E-state index contributed by atoms with van der Waals surface area (Å²) < 4.78 is 0. The molecule has 0 aromatic rings. The van der Waals surface area contributed by atoms with Crippen LogP contribution in [0.4, 0.5) is 0 Å². The van der Waals surface area contributed by atoms with Crippen molar-refractivity contribution in [2.24, 2.45) is 46.3 Å². The maximum atomic E-state index is 12.0. The summed E-state index contributed by atoms with van der Waals surface area (Å²) in [5, 5.41) is 46.1. The minimum atomic E-state index is -1.29. The van der Waals surface area contributed by atoms with Crippen LogP contribution in [-0.2, 0) is 30.7 Å². The van der Waals surface area contributed by atoms with Crippen LogP contribution in [0.25, 0.3) is 0 Å². The first-order valence-corrected chi connectivity index (χ1v) is 13.0. The number of rotatable bonds is 6. The molecular formula is C26H48ClN3O6Pt. The van der Waals surface area contributed by atoms with Crippen molar-refractivity contribution in [3.8, 4) is 0 Å². The van der Waals surface area contributed by atoms with Gasteiger partial charge in [-0.05, 0) is 97.7 Å². The van der Waals surface area contributed by atoms with Gasteiger partial charge in [-0.1, -0.05) is 20.8 Å². The van der Waals surface area contributed by atoms with E-state index in [1.165, 1.54) is 0 Å². The fourth-order valence-electron chi connectivity index (χ4n) is 8.95. The molecule has 0 spiro atoms. The van der Waals surface area contributed by atoms with Crippen molar-refractivity contribution in [2.75, 3.05) is 6.54 Å². The van der Waals surface area contributed by atoms with E-state index in [0.717, 1.165) is 38.5 Å². The van der Waals surface area contributed by atoms with Gasteiger partial charge >= 0.3 is 21.1 Å². The number of aliphatic hydroxyl groups is 3. The fraction of sp³-hybridized carbons (Fsp3) is 0.923. The molecule has 4 aliphatic rings. The molecule has 9 nitrogen and oxygen atoms in total. The number of carboxylic acids is 1. The first kappa shape index (κ1) is 36.7. The summed E-state index contributed by atoms with van der Waals surface area (Å²) in [4.78, 5) is 22.6. The van der Waals surface area contributed by atoms with Crippen molar-refractivity contribution in [1.29, 1.82) is 0 Å². The van der Waals surface area contributed by atoms with Gasteiger partial charge in [0.2, 0.25) is 5.91 Å². The molecule has 0 heterocycles. The van der Waals surface area contributed by atoms with Crippen LogP contribution in [0.1, 0.15) is 78.6 Å². The number of hydrogen-bond donors (Lipinski definition) is 6. The first-order chi connectivity index (χ1) is 15.5. The van der Waals surface area contributed by atoms with Crippen LogP contribution in [-0.4, -0.2) is 52.1 Å². The van der Waals surface area contributed by atoms with E-state index < -0.39 is 18.6 Å². The molecule has 6 unspecified atom stereocenters. The second kappa shape index (κ2) is 13.9. The summed E-state index contributed by atoms with van der Waals surface area (Å²) >= 11 is 0. The molecule has 4 saturated carbocycles. The van der Waals surface area contributed by atoms with E-state index in [9.17, 15) is 30.0 Å². The predicted molar refractivity (Wildman–Crippen MR) is 130 cm³/mol. The van der Waals surface area contributed by atoms with Gasteiger partial charge in [-0.2, -0.15) is 0 Å². The van der Waals surface area contributed by atoms with Crippen molar-refractivity contribution in [1.82, 2.24) is 17.6 Å². The number of aliphatic hydroxyl groups excluding tert-OH is 3. The van der Waals surface area contributed by atoms with Gasteiger partial charge in [0.05, 0.1) is 30.8 Å². The standard InChI is InChI=1S/C26H43NO6.ClH.2H3N.Pt/c1-14(4-7-22(31)27-13-23(32)33)17-5-6-18-24-19(12-21(30)26(17,18)3)25(2)9-8-16(28)10-15(25)11-20(24)29;;;;/h14-21,24,28-30H,4-13H2,1-3H3,(H,27,31)(H,32,33);1H;2*1H3;/q;;;;+2/p-2/t14?,15?,16-,17-,18?,19?,20?,21+,24?,25+,26-;;;;/m1..../s1. The molecule has 0 aliphatic heterocycles. The van der Waals surface area contributed by atoms with Crippen molar-refractivity contribution in [3.63, 3.8) is 0 Å². The van der Waals surface area contributed by atoms with E-state index in [2.05, 4.69) is 26.1 Å². The Morgan fingerprint density at radius 3 is 2.30 bits per heavy atom. The maximum Gasteiger partial charge on any atom is 2.00 e. The maximum absolute atomic E-state index is 12.0. The molecule has 4 rings (SSSR count). The second-order valence-electron chi connectivity index (χ2n) is 12.2. The third kappa shape index (κ3) is 6.55. The van der Waals surface area contributed by atoms with E-state index >= 15 is 0 Å². The smallest absolute Gasteiger partial charge is 1.00 e. The third-order valence-corrected chi connectivity index (χ3v) is 10.8. The Kier molecular flexibility index (Phi) is 13.8. The number of nitrogens with one attached hydrogen (secondary N) is 1. The molecule has 37 heavy (non-hydrogen) atoms. The largest absolute Gasteiger partial charge is 2.00 e. The average Bonchev–Trinajstić information content (AvgIpc) is 3.11. The van der Waals surface area contributed by atoms with Crippen LogP contribution in [0, 0.1) is 46.3 Å². The summed E-state index contributed by atoms with van der Waals surface area (Å²) in [6.07, 6.45) is 5.75. The average molecular weight is 729 g/mol. The van der Waals surface area contributed by atoms with Crippen LogP contribution in [0.2, 0.25) is 0 Å². The molecule has 10 N–H and O–H groups in total. The van der Waals surface area contributed by atoms with Crippen LogP contribution in [0.15, 0.2) is 0 Å². The molecule has 1 amide bonds. The number of halogens is 1. The molecule has 0 saturated heterocycles. The van der Waals surface area contributed by atoms with E-state index in [1.54, 1.807) is 0 Å². The zero-order valence-electron chi connectivity index (χ0n) is 22.4. The zero-order valence-corrected chi connectivity index (χ0v) is 25.5. The quantitative estimate of drug-likeness (QED) is 0.191. The number of hydrogen-bond acceptors (Lipinski definition) is 8. The van der Waals surface area contributed by atoms with Gasteiger partial charge in [0.25, 0.3) is 0 Å². The van der Waals surface area contributed by atoms with Crippen LogP contribution < -0.4 is 35.1 Å². The Morgan fingerprint density at radius 2 is 1.68 bits per heavy atom. The van der Waals surface area contributed by atoms with E-state index in [-0.39, 0.29) is 111 Å². The summed E-state index contributed by atoms with van der Waals surface area (Å²) in [7, 11) is 0. The van der Waals surface area contributed by atoms with Crippen LogP contribution in [0.3, 0.4) is 0 Å². The third-order valence-electron chi connectivity index (χ3n) is 10.8. The van der Waals surface area contributed by atoms with Gasteiger partial charge in [-0.15, -0.1) is 0 Å². The molecule has 4 aliphatic carbocycles. The Hall–Kier alpha value is -0.282. The number of aliphatic carboxylic acids is 1. The zero-order chi connectivity index (χ0) is 24.1. The summed E-state index contributed by atoms with van der Waals surface area (Å²) in [6.45, 7) is 6.21. The van der Waals surface area contributed by atoms with E-state index in [4.69, 9.17) is 0 Å². The van der Waals surface area contributed by atoms with Crippen molar-refractivity contribution >= 4 is 11.9 Å². The number of carboxylic acid groups (broad SMARTS) is 1. The number of fused-ring (bicyclic) bond motifs is 5. The monoisotopic (exact) mass is 728 g/mol. The first-order valence-electron chi connectivity index (χ1n) is 13.0. The van der Waals surface area contributed by atoms with Gasteiger partial charge in [-0.3, -0.25) is 4.79 Å². The molecule has 11 heteroatoms. The Balaban J connectivity index is 0.00000324. The minimum absolute atomic E-state index is 0. The molecular weight excluding hydrogens is 681 g/mol. The van der Waals surface area contributed by atoms with Crippen LogP contribution >= 0.6 is 0 Å². The molecule has 11 atom stereocenters.